The summed E-state index contributed by atoms with van der Waals surface area (Å²) in [6.07, 6.45) is 2.84. The molecule has 1 aliphatic rings. The van der Waals surface area contributed by atoms with E-state index in [0.717, 1.165) is 18.4 Å². The molecule has 4 heteroatoms. The molecular formula is C11H14N4. The molecule has 1 aromatic rings. The van der Waals surface area contributed by atoms with Crippen molar-refractivity contribution in [1.29, 1.82) is 5.26 Å². The molecule has 15 heavy (non-hydrogen) atoms. The van der Waals surface area contributed by atoms with E-state index in [2.05, 4.69) is 23.2 Å². The number of rotatable bonds is 3. The van der Waals surface area contributed by atoms with Crippen LogP contribution in [0.2, 0.25) is 0 Å². The number of anilines is 1. The Labute approximate surface area is 89.5 Å². The summed E-state index contributed by atoms with van der Waals surface area (Å²) in [6, 6.07) is 3.84. The van der Waals surface area contributed by atoms with Crippen LogP contribution in [-0.2, 0) is 0 Å². The number of nitrogens with zero attached hydrogens (tertiary/aromatic N) is 4. The SMILES string of the molecule is CC1CC1CN(C)c1nnccc1C#N. The van der Waals surface area contributed by atoms with Crippen LogP contribution in [0.3, 0.4) is 0 Å². The van der Waals surface area contributed by atoms with E-state index in [9.17, 15) is 0 Å². The molecule has 0 N–H and O–H groups in total. The molecular weight excluding hydrogens is 188 g/mol. The van der Waals surface area contributed by atoms with Gasteiger partial charge < -0.3 is 4.90 Å². The highest BCUT2D eigenvalue weighted by Crippen LogP contribution is 2.38. The van der Waals surface area contributed by atoms with Gasteiger partial charge in [-0.1, -0.05) is 6.92 Å². The molecule has 0 aromatic carbocycles. The van der Waals surface area contributed by atoms with Crippen molar-refractivity contribution in [2.24, 2.45) is 11.8 Å². The van der Waals surface area contributed by atoms with E-state index in [0.29, 0.717) is 11.4 Å². The summed E-state index contributed by atoms with van der Waals surface area (Å²) in [5, 5.41) is 16.8. The first-order valence-corrected chi connectivity index (χ1v) is 5.15. The third kappa shape index (κ3) is 2.07. The fraction of sp³-hybridized carbons (Fsp3) is 0.545. The largest absolute Gasteiger partial charge is 0.357 e. The molecule has 0 amide bonds. The maximum atomic E-state index is 8.92. The molecule has 0 saturated heterocycles. The zero-order valence-electron chi connectivity index (χ0n) is 9.01. The van der Waals surface area contributed by atoms with Crippen LogP contribution in [0.4, 0.5) is 5.82 Å². The average Bonchev–Trinajstić information content (AvgIpc) is 2.94. The van der Waals surface area contributed by atoms with Crippen molar-refractivity contribution < 1.29 is 0 Å². The fourth-order valence-electron chi connectivity index (χ4n) is 1.79. The first-order valence-electron chi connectivity index (χ1n) is 5.15. The summed E-state index contributed by atoms with van der Waals surface area (Å²) in [4.78, 5) is 2.03. The third-order valence-corrected chi connectivity index (χ3v) is 2.97. The van der Waals surface area contributed by atoms with Gasteiger partial charge in [0.15, 0.2) is 5.82 Å². The highest BCUT2D eigenvalue weighted by molar-refractivity contribution is 5.51. The summed E-state index contributed by atoms with van der Waals surface area (Å²) in [5.74, 6) is 2.26. The molecule has 0 radical (unpaired) electrons. The van der Waals surface area contributed by atoms with Gasteiger partial charge in [0.2, 0.25) is 0 Å². The molecule has 2 rings (SSSR count). The molecule has 0 aliphatic heterocycles. The van der Waals surface area contributed by atoms with Gasteiger partial charge in [0, 0.05) is 13.6 Å². The number of hydrogen-bond acceptors (Lipinski definition) is 4. The summed E-state index contributed by atoms with van der Waals surface area (Å²) in [7, 11) is 1.97. The topological polar surface area (TPSA) is 52.8 Å². The second-order valence-corrected chi connectivity index (χ2v) is 4.23. The molecule has 1 fully saturated rings. The van der Waals surface area contributed by atoms with E-state index in [1.165, 1.54) is 6.42 Å². The molecule has 1 saturated carbocycles. The minimum Gasteiger partial charge on any atom is -0.357 e. The predicted molar refractivity (Wildman–Crippen MR) is 57.3 cm³/mol. The monoisotopic (exact) mass is 202 g/mol. The minimum absolute atomic E-state index is 0.598. The van der Waals surface area contributed by atoms with Crippen LogP contribution in [0.5, 0.6) is 0 Å². The quantitative estimate of drug-likeness (QED) is 0.744. The van der Waals surface area contributed by atoms with Gasteiger partial charge in [-0.3, -0.25) is 0 Å². The van der Waals surface area contributed by atoms with Crippen molar-refractivity contribution in [2.75, 3.05) is 18.5 Å². The van der Waals surface area contributed by atoms with Crippen LogP contribution in [-0.4, -0.2) is 23.8 Å². The predicted octanol–water partition coefficient (Wildman–Crippen LogP) is 1.44. The highest BCUT2D eigenvalue weighted by Gasteiger charge is 2.33. The molecule has 1 heterocycles. The van der Waals surface area contributed by atoms with Crippen LogP contribution in [0.1, 0.15) is 18.9 Å². The van der Waals surface area contributed by atoms with Gasteiger partial charge in [-0.15, -0.1) is 5.10 Å². The van der Waals surface area contributed by atoms with Crippen LogP contribution < -0.4 is 4.90 Å². The zero-order valence-corrected chi connectivity index (χ0v) is 9.01. The summed E-state index contributed by atoms with van der Waals surface area (Å²) < 4.78 is 0. The van der Waals surface area contributed by atoms with E-state index in [1.54, 1.807) is 12.3 Å². The lowest BCUT2D eigenvalue weighted by Gasteiger charge is -2.17. The molecule has 0 bridgehead atoms. The normalized spacial score (nSPS) is 23.3. The van der Waals surface area contributed by atoms with E-state index in [1.807, 2.05) is 11.9 Å². The molecule has 4 nitrogen and oxygen atoms in total. The van der Waals surface area contributed by atoms with Crippen LogP contribution >= 0.6 is 0 Å². The van der Waals surface area contributed by atoms with E-state index < -0.39 is 0 Å². The number of hydrogen-bond donors (Lipinski definition) is 0. The van der Waals surface area contributed by atoms with Crippen molar-refractivity contribution in [2.45, 2.75) is 13.3 Å². The lowest BCUT2D eigenvalue weighted by Crippen LogP contribution is -2.23. The van der Waals surface area contributed by atoms with Gasteiger partial charge in [-0.2, -0.15) is 10.4 Å². The van der Waals surface area contributed by atoms with Crippen LogP contribution in [0.25, 0.3) is 0 Å². The lowest BCUT2D eigenvalue weighted by atomic mass is 10.2. The zero-order chi connectivity index (χ0) is 10.8. The van der Waals surface area contributed by atoms with Gasteiger partial charge in [-0.05, 0) is 24.3 Å². The van der Waals surface area contributed by atoms with Gasteiger partial charge in [0.05, 0.1) is 11.8 Å². The van der Waals surface area contributed by atoms with Crippen molar-refractivity contribution in [1.82, 2.24) is 10.2 Å². The second kappa shape index (κ2) is 3.85. The average molecular weight is 202 g/mol. The molecule has 78 valence electrons. The highest BCUT2D eigenvalue weighted by atomic mass is 15.2. The van der Waals surface area contributed by atoms with Gasteiger partial charge >= 0.3 is 0 Å². The maximum absolute atomic E-state index is 8.92. The standard InChI is InChI=1S/C11H14N4/c1-8-5-10(8)7-15(2)11-9(6-12)3-4-13-14-11/h3-4,8,10H,5,7H2,1-2H3. The van der Waals surface area contributed by atoms with E-state index in [4.69, 9.17) is 5.26 Å². The molecule has 1 aliphatic carbocycles. The Hall–Kier alpha value is -1.63. The third-order valence-electron chi connectivity index (χ3n) is 2.97. The molecule has 0 spiro atoms. The first kappa shape index (κ1) is 9.91. The van der Waals surface area contributed by atoms with E-state index >= 15 is 0 Å². The van der Waals surface area contributed by atoms with Gasteiger partial charge in [0.1, 0.15) is 6.07 Å². The van der Waals surface area contributed by atoms with Gasteiger partial charge in [0.25, 0.3) is 0 Å². The summed E-state index contributed by atoms with van der Waals surface area (Å²) in [5.41, 5.74) is 0.598. The van der Waals surface area contributed by atoms with Crippen molar-refractivity contribution in [3.05, 3.63) is 17.8 Å². The van der Waals surface area contributed by atoms with Crippen LogP contribution in [0, 0.1) is 23.2 Å². The summed E-state index contributed by atoms with van der Waals surface area (Å²) in [6.45, 7) is 3.22. The fourth-order valence-corrected chi connectivity index (χ4v) is 1.79. The smallest absolute Gasteiger partial charge is 0.168 e. The molecule has 2 unspecified atom stereocenters. The minimum atomic E-state index is 0.598. The Bertz CT molecular complexity index is 396. The first-order chi connectivity index (χ1) is 7.22. The van der Waals surface area contributed by atoms with E-state index in [-0.39, 0.29) is 0 Å². The maximum Gasteiger partial charge on any atom is 0.168 e. The summed E-state index contributed by atoms with van der Waals surface area (Å²) >= 11 is 0. The Morgan fingerprint density at radius 3 is 3.00 bits per heavy atom. The molecule has 1 aromatic heterocycles. The van der Waals surface area contributed by atoms with Crippen molar-refractivity contribution >= 4 is 5.82 Å². The Morgan fingerprint density at radius 2 is 2.40 bits per heavy atom. The Kier molecular flexibility index (Phi) is 2.55. The Morgan fingerprint density at radius 1 is 1.67 bits per heavy atom. The van der Waals surface area contributed by atoms with Crippen molar-refractivity contribution in [3.8, 4) is 6.07 Å². The van der Waals surface area contributed by atoms with Crippen LogP contribution in [0.15, 0.2) is 12.3 Å². The number of aromatic nitrogens is 2. The van der Waals surface area contributed by atoms with Crippen molar-refractivity contribution in [3.63, 3.8) is 0 Å². The number of nitriles is 1. The Balaban J connectivity index is 2.11. The lowest BCUT2D eigenvalue weighted by molar-refractivity contribution is 0.714. The van der Waals surface area contributed by atoms with Gasteiger partial charge in [-0.25, -0.2) is 0 Å². The second-order valence-electron chi connectivity index (χ2n) is 4.23. The molecule has 2 atom stereocenters.